The Balaban J connectivity index is 2.02. The van der Waals surface area contributed by atoms with Gasteiger partial charge in [-0.2, -0.15) is 11.8 Å². The quantitative estimate of drug-likeness (QED) is 0.285. The van der Waals surface area contributed by atoms with Crippen LogP contribution in [-0.4, -0.2) is 45.4 Å². The molecule has 0 unspecified atom stereocenters. The number of hydrogen-bond donors (Lipinski definition) is 0. The molecule has 1 aromatic heterocycles. The van der Waals surface area contributed by atoms with Crippen molar-refractivity contribution < 1.29 is 13.9 Å². The summed E-state index contributed by atoms with van der Waals surface area (Å²) < 4.78 is 16.1. The van der Waals surface area contributed by atoms with E-state index in [2.05, 4.69) is 11.8 Å². The van der Waals surface area contributed by atoms with Crippen LogP contribution in [-0.2, 0) is 4.74 Å². The number of methoxy groups -OCH3 is 2. The lowest BCUT2D eigenvalue weighted by molar-refractivity contribution is 0.194. The van der Waals surface area contributed by atoms with Gasteiger partial charge < -0.3 is 18.8 Å². The Morgan fingerprint density at radius 1 is 1.03 bits per heavy atom. The van der Waals surface area contributed by atoms with Crippen molar-refractivity contribution in [1.82, 2.24) is 0 Å². The summed E-state index contributed by atoms with van der Waals surface area (Å²) in [6, 6.07) is 7.23. The highest BCUT2D eigenvalue weighted by molar-refractivity contribution is 7.99. The molecule has 6 heteroatoms. The van der Waals surface area contributed by atoms with Crippen molar-refractivity contribution in [2.24, 2.45) is 0 Å². The maximum atomic E-state index is 12.2. The molecule has 0 saturated heterocycles. The molecule has 0 amide bonds. The molecule has 162 valence electrons. The van der Waals surface area contributed by atoms with Crippen LogP contribution in [0, 0.1) is 0 Å². The average Bonchev–Trinajstić information content (AvgIpc) is 2.73. The van der Waals surface area contributed by atoms with Crippen LogP contribution in [0.3, 0.4) is 0 Å². The van der Waals surface area contributed by atoms with Crippen LogP contribution < -0.4 is 15.3 Å². The topological polar surface area (TPSA) is 51.9 Å². The first kappa shape index (κ1) is 23.6. The van der Waals surface area contributed by atoms with Gasteiger partial charge in [0.1, 0.15) is 11.3 Å². The van der Waals surface area contributed by atoms with Crippen molar-refractivity contribution >= 4 is 28.4 Å². The van der Waals surface area contributed by atoms with Crippen LogP contribution in [0.5, 0.6) is 5.75 Å². The van der Waals surface area contributed by atoms with Crippen LogP contribution in [0.4, 0.5) is 5.69 Å². The van der Waals surface area contributed by atoms with E-state index in [0.29, 0.717) is 5.58 Å². The Morgan fingerprint density at radius 3 is 2.52 bits per heavy atom. The molecule has 1 aromatic carbocycles. The number of unbranched alkanes of at least 4 members (excludes halogenated alkanes) is 3. The second-order valence-corrected chi connectivity index (χ2v) is 8.37. The van der Waals surface area contributed by atoms with Crippen LogP contribution in [0.15, 0.2) is 33.5 Å². The van der Waals surface area contributed by atoms with Gasteiger partial charge in [0.05, 0.1) is 18.2 Å². The largest absolute Gasteiger partial charge is 0.496 e. The fraction of sp³-hybridized carbons (Fsp3) is 0.609. The first-order valence-electron chi connectivity index (χ1n) is 10.6. The molecule has 1 heterocycles. The second-order valence-electron chi connectivity index (χ2n) is 7.14. The molecule has 0 bridgehead atoms. The molecule has 0 aliphatic rings. The average molecular weight is 422 g/mol. The van der Waals surface area contributed by atoms with E-state index in [1.54, 1.807) is 20.3 Å². The normalized spacial score (nSPS) is 11.1. The minimum atomic E-state index is -0.311. The number of benzene rings is 1. The van der Waals surface area contributed by atoms with Crippen molar-refractivity contribution in [2.45, 2.75) is 45.4 Å². The van der Waals surface area contributed by atoms with Crippen molar-refractivity contribution in [2.75, 3.05) is 50.3 Å². The van der Waals surface area contributed by atoms with Crippen LogP contribution in [0.2, 0.25) is 0 Å². The van der Waals surface area contributed by atoms with Crippen molar-refractivity contribution in [3.05, 3.63) is 34.7 Å². The Kier molecular flexibility index (Phi) is 11.0. The van der Waals surface area contributed by atoms with E-state index in [0.717, 1.165) is 62.2 Å². The number of fused-ring (bicyclic) bond motifs is 1. The van der Waals surface area contributed by atoms with E-state index >= 15 is 0 Å². The van der Waals surface area contributed by atoms with E-state index in [4.69, 9.17) is 13.9 Å². The number of anilines is 1. The molecule has 0 aliphatic carbocycles. The third-order valence-corrected chi connectivity index (χ3v) is 6.06. The summed E-state index contributed by atoms with van der Waals surface area (Å²) in [6.45, 7) is 4.91. The molecular formula is C23H35NO4S. The second kappa shape index (κ2) is 13.5. The SMILES string of the molecule is CCCCN(CCCCSCCCCOC)c1cc(=O)oc2cccc(OC)c12. The summed E-state index contributed by atoms with van der Waals surface area (Å²) >= 11 is 2.02. The highest BCUT2D eigenvalue weighted by atomic mass is 32.2. The lowest BCUT2D eigenvalue weighted by Crippen LogP contribution is -2.27. The molecule has 0 fully saturated rings. The molecular weight excluding hydrogens is 386 g/mol. The van der Waals surface area contributed by atoms with Gasteiger partial charge in [-0.1, -0.05) is 19.4 Å². The molecule has 0 atom stereocenters. The summed E-state index contributed by atoms with van der Waals surface area (Å²) in [7, 11) is 3.41. The minimum Gasteiger partial charge on any atom is -0.496 e. The number of ether oxygens (including phenoxy) is 2. The Bertz CT molecular complexity index is 777. The Hall–Kier alpha value is -1.66. The smallest absolute Gasteiger partial charge is 0.338 e. The molecule has 2 rings (SSSR count). The van der Waals surface area contributed by atoms with Crippen molar-refractivity contribution in [3.8, 4) is 5.75 Å². The minimum absolute atomic E-state index is 0.311. The van der Waals surface area contributed by atoms with E-state index in [-0.39, 0.29) is 5.63 Å². The molecule has 5 nitrogen and oxygen atoms in total. The van der Waals surface area contributed by atoms with Gasteiger partial charge in [-0.25, -0.2) is 4.79 Å². The van der Waals surface area contributed by atoms with Crippen LogP contribution >= 0.6 is 11.8 Å². The van der Waals surface area contributed by atoms with Gasteiger partial charge in [0.15, 0.2) is 0 Å². The van der Waals surface area contributed by atoms with E-state index < -0.39 is 0 Å². The third-order valence-electron chi connectivity index (χ3n) is 4.91. The van der Waals surface area contributed by atoms with Gasteiger partial charge in [-0.15, -0.1) is 0 Å². The summed E-state index contributed by atoms with van der Waals surface area (Å²) in [6.07, 6.45) is 6.84. The maximum Gasteiger partial charge on any atom is 0.338 e. The lowest BCUT2D eigenvalue weighted by Gasteiger charge is -2.26. The van der Waals surface area contributed by atoms with E-state index in [9.17, 15) is 4.79 Å². The predicted octanol–water partition coefficient (Wildman–Crippen LogP) is 5.35. The maximum absolute atomic E-state index is 12.2. The van der Waals surface area contributed by atoms with Crippen molar-refractivity contribution in [3.63, 3.8) is 0 Å². The zero-order chi connectivity index (χ0) is 20.9. The summed E-state index contributed by atoms with van der Waals surface area (Å²) in [5.74, 6) is 3.12. The summed E-state index contributed by atoms with van der Waals surface area (Å²) in [5.41, 5.74) is 1.20. The number of thioether (sulfide) groups is 1. The fourth-order valence-corrected chi connectivity index (χ4v) is 4.37. The lowest BCUT2D eigenvalue weighted by atomic mass is 10.1. The highest BCUT2D eigenvalue weighted by Gasteiger charge is 2.16. The number of hydrogen-bond acceptors (Lipinski definition) is 6. The van der Waals surface area contributed by atoms with Gasteiger partial charge in [0, 0.05) is 32.9 Å². The molecule has 2 aromatic rings. The summed E-state index contributed by atoms with van der Waals surface area (Å²) in [4.78, 5) is 14.5. The molecule has 0 spiro atoms. The first-order valence-corrected chi connectivity index (χ1v) is 11.8. The zero-order valence-electron chi connectivity index (χ0n) is 18.1. The standard InChI is InChI=1S/C23H35NO4S/c1-4-5-13-24(14-6-8-16-29-17-9-7-15-26-2)19-18-22(25)28-21-12-10-11-20(27-3)23(19)21/h10-12,18H,4-9,13-17H2,1-3H3. The highest BCUT2D eigenvalue weighted by Crippen LogP contribution is 2.33. The van der Waals surface area contributed by atoms with Gasteiger partial charge >= 0.3 is 5.63 Å². The number of nitrogens with zero attached hydrogens (tertiary/aromatic N) is 1. The molecule has 0 saturated carbocycles. The monoisotopic (exact) mass is 421 g/mol. The van der Waals surface area contributed by atoms with Crippen LogP contribution in [0.25, 0.3) is 11.0 Å². The van der Waals surface area contributed by atoms with Crippen LogP contribution in [0.1, 0.15) is 45.4 Å². The fourth-order valence-electron chi connectivity index (χ4n) is 3.35. The Labute approximate surface area is 178 Å². The zero-order valence-corrected chi connectivity index (χ0v) is 18.9. The number of rotatable bonds is 15. The van der Waals surface area contributed by atoms with Gasteiger partial charge in [-0.3, -0.25) is 0 Å². The molecule has 0 aliphatic heterocycles. The van der Waals surface area contributed by atoms with Gasteiger partial charge in [0.25, 0.3) is 0 Å². The van der Waals surface area contributed by atoms with Crippen molar-refractivity contribution in [1.29, 1.82) is 0 Å². The van der Waals surface area contributed by atoms with Gasteiger partial charge in [-0.05, 0) is 55.7 Å². The Morgan fingerprint density at radius 2 is 1.79 bits per heavy atom. The molecule has 0 N–H and O–H groups in total. The molecule has 0 radical (unpaired) electrons. The van der Waals surface area contributed by atoms with Gasteiger partial charge in [0.2, 0.25) is 0 Å². The van der Waals surface area contributed by atoms with E-state index in [1.165, 1.54) is 24.3 Å². The third kappa shape index (κ3) is 7.59. The molecule has 29 heavy (non-hydrogen) atoms. The van der Waals surface area contributed by atoms with E-state index in [1.807, 2.05) is 30.0 Å². The predicted molar refractivity (Wildman–Crippen MR) is 124 cm³/mol. The first-order chi connectivity index (χ1) is 14.2. The summed E-state index contributed by atoms with van der Waals surface area (Å²) in [5, 5.41) is 0.887.